The fourth-order valence-electron chi connectivity index (χ4n) is 4.94. The van der Waals surface area contributed by atoms with Crippen LogP contribution in [-0.2, 0) is 29.8 Å². The molecule has 166 valence electrons. The fraction of sp³-hybridized carbons (Fsp3) is 0.269. The lowest BCUT2D eigenvalue weighted by atomic mass is 9.97. The predicted octanol–water partition coefficient (Wildman–Crippen LogP) is 5.31. The monoisotopic (exact) mass is 473 g/mol. The lowest BCUT2D eigenvalue weighted by Crippen LogP contribution is -2.15. The number of aryl methyl sites for hydroxylation is 2. The highest BCUT2D eigenvalue weighted by Crippen LogP contribution is 2.37. The number of H-pyrrole nitrogens is 1. The third-order valence-electron chi connectivity index (χ3n) is 6.42. The summed E-state index contributed by atoms with van der Waals surface area (Å²) in [4.78, 5) is 35.0. The van der Waals surface area contributed by atoms with Crippen LogP contribution in [0.25, 0.3) is 21.3 Å². The van der Waals surface area contributed by atoms with Gasteiger partial charge in [-0.1, -0.05) is 30.3 Å². The van der Waals surface area contributed by atoms with E-state index in [-0.39, 0.29) is 11.5 Å². The molecule has 2 N–H and O–H groups in total. The summed E-state index contributed by atoms with van der Waals surface area (Å²) in [6, 6.07) is 14.6. The third-order valence-corrected chi connectivity index (χ3v) is 8.55. The molecule has 0 saturated carbocycles. The Morgan fingerprint density at radius 1 is 1.09 bits per heavy atom. The van der Waals surface area contributed by atoms with Gasteiger partial charge < -0.3 is 10.3 Å². The van der Waals surface area contributed by atoms with Crippen LogP contribution in [-0.4, -0.2) is 21.6 Å². The predicted molar refractivity (Wildman–Crippen MR) is 136 cm³/mol. The number of thioether (sulfide) groups is 1. The number of thiophene rings is 1. The summed E-state index contributed by atoms with van der Waals surface area (Å²) in [5.41, 5.74) is 7.09. The minimum atomic E-state index is -0.0505. The minimum Gasteiger partial charge on any atom is -0.325 e. The number of anilines is 1. The first-order chi connectivity index (χ1) is 16.2. The summed E-state index contributed by atoms with van der Waals surface area (Å²) in [7, 11) is 0. The minimum absolute atomic E-state index is 0.0430. The van der Waals surface area contributed by atoms with Crippen LogP contribution >= 0.6 is 23.1 Å². The van der Waals surface area contributed by atoms with E-state index in [9.17, 15) is 9.59 Å². The average molecular weight is 474 g/mol. The number of rotatable bonds is 5. The molecule has 2 aromatic heterocycles. The number of benzene rings is 2. The quantitative estimate of drug-likeness (QED) is 0.363. The van der Waals surface area contributed by atoms with Crippen LogP contribution in [0.3, 0.4) is 0 Å². The van der Waals surface area contributed by atoms with Crippen molar-refractivity contribution >= 4 is 44.9 Å². The van der Waals surface area contributed by atoms with Crippen molar-refractivity contribution in [1.82, 2.24) is 9.97 Å². The molecule has 0 bridgehead atoms. The second kappa shape index (κ2) is 8.47. The van der Waals surface area contributed by atoms with Crippen LogP contribution in [0.2, 0.25) is 0 Å². The van der Waals surface area contributed by atoms with Crippen LogP contribution in [0.1, 0.15) is 40.2 Å². The Hall–Kier alpha value is -2.90. The van der Waals surface area contributed by atoms with Crippen LogP contribution in [0, 0.1) is 0 Å². The molecule has 2 aliphatic rings. The molecule has 2 aromatic carbocycles. The number of aromatic amines is 1. The van der Waals surface area contributed by atoms with Crippen LogP contribution in [0.4, 0.5) is 5.69 Å². The summed E-state index contributed by atoms with van der Waals surface area (Å²) >= 11 is 3.12. The largest absolute Gasteiger partial charge is 0.325 e. The molecule has 7 heteroatoms. The Morgan fingerprint density at radius 2 is 1.94 bits per heavy atom. The summed E-state index contributed by atoms with van der Waals surface area (Å²) in [5.74, 6) is 1.39. The molecule has 0 radical (unpaired) electrons. The number of hydrogen-bond donors (Lipinski definition) is 2. The maximum absolute atomic E-state index is 12.7. The summed E-state index contributed by atoms with van der Waals surface area (Å²) < 4.78 is 0. The first-order valence-electron chi connectivity index (χ1n) is 11.3. The highest BCUT2D eigenvalue weighted by molar-refractivity contribution is 7.99. The molecule has 4 aromatic rings. The molecular weight excluding hydrogens is 450 g/mol. The van der Waals surface area contributed by atoms with Gasteiger partial charge >= 0.3 is 0 Å². The summed E-state index contributed by atoms with van der Waals surface area (Å²) in [5, 5.41) is 3.79. The van der Waals surface area contributed by atoms with E-state index in [1.807, 2.05) is 6.07 Å². The normalized spacial score (nSPS) is 14.1. The van der Waals surface area contributed by atoms with Gasteiger partial charge in [0.15, 0.2) is 0 Å². The SMILES string of the molecule is O=C(CSCc1nc2sc3c(c2c(=O)[nH]1)CCCC3)Nc1ccc2c(c1)Cc1ccccc1-2. The summed E-state index contributed by atoms with van der Waals surface area (Å²) in [6.45, 7) is 0. The van der Waals surface area contributed by atoms with Gasteiger partial charge in [0.05, 0.1) is 16.9 Å². The molecule has 0 fully saturated rings. The molecule has 5 nitrogen and oxygen atoms in total. The highest BCUT2D eigenvalue weighted by Gasteiger charge is 2.20. The van der Waals surface area contributed by atoms with Crippen molar-refractivity contribution in [3.63, 3.8) is 0 Å². The van der Waals surface area contributed by atoms with Gasteiger partial charge in [-0.25, -0.2) is 4.98 Å². The van der Waals surface area contributed by atoms with Crippen molar-refractivity contribution in [3.05, 3.63) is 80.2 Å². The second-order valence-electron chi connectivity index (χ2n) is 8.65. The standard InChI is InChI=1S/C26H23N3O2S2/c30-23(27-17-9-10-19-16(12-17)11-15-5-1-2-6-18(15)19)14-32-13-22-28-25(31)24-20-7-3-4-8-21(20)33-26(24)29-22/h1-2,5-6,9-10,12H,3-4,7-8,11,13-14H2,(H,27,30)(H,28,29,31). The lowest BCUT2D eigenvalue weighted by molar-refractivity contribution is -0.113. The van der Waals surface area contributed by atoms with Gasteiger partial charge in [0, 0.05) is 10.6 Å². The highest BCUT2D eigenvalue weighted by atomic mass is 32.2. The van der Waals surface area contributed by atoms with Gasteiger partial charge in [0.2, 0.25) is 5.91 Å². The molecule has 33 heavy (non-hydrogen) atoms. The van der Waals surface area contributed by atoms with Crippen molar-refractivity contribution in [2.45, 2.75) is 37.9 Å². The van der Waals surface area contributed by atoms with Gasteiger partial charge in [-0.3, -0.25) is 9.59 Å². The van der Waals surface area contributed by atoms with Gasteiger partial charge in [-0.2, -0.15) is 0 Å². The molecule has 0 atom stereocenters. The Labute approximate surface area is 199 Å². The third kappa shape index (κ3) is 3.89. The van der Waals surface area contributed by atoms with Crippen molar-refractivity contribution in [1.29, 1.82) is 0 Å². The zero-order chi connectivity index (χ0) is 22.4. The number of nitrogens with one attached hydrogen (secondary N) is 2. The number of carbonyl (C=O) groups excluding carboxylic acids is 1. The van der Waals surface area contributed by atoms with Crippen molar-refractivity contribution in [2.24, 2.45) is 0 Å². The number of amides is 1. The Morgan fingerprint density at radius 3 is 2.88 bits per heavy atom. The topological polar surface area (TPSA) is 74.8 Å². The number of aromatic nitrogens is 2. The smallest absolute Gasteiger partial charge is 0.259 e. The van der Waals surface area contributed by atoms with Gasteiger partial charge in [0.25, 0.3) is 5.56 Å². The molecule has 1 amide bonds. The number of carbonyl (C=O) groups is 1. The van der Waals surface area contributed by atoms with Gasteiger partial charge in [-0.05, 0) is 72.1 Å². The Kier molecular flexibility index (Phi) is 5.31. The van der Waals surface area contributed by atoms with Crippen LogP contribution < -0.4 is 10.9 Å². The zero-order valence-corrected chi connectivity index (χ0v) is 19.7. The number of fused-ring (bicyclic) bond motifs is 6. The van der Waals surface area contributed by atoms with E-state index in [0.717, 1.165) is 41.6 Å². The molecule has 6 rings (SSSR count). The number of hydrogen-bond acceptors (Lipinski definition) is 5. The van der Waals surface area contributed by atoms with Crippen molar-refractivity contribution in [3.8, 4) is 11.1 Å². The van der Waals surface area contributed by atoms with Crippen LogP contribution in [0.5, 0.6) is 0 Å². The van der Waals surface area contributed by atoms with Gasteiger partial charge in [0.1, 0.15) is 10.7 Å². The van der Waals surface area contributed by atoms with E-state index in [1.165, 1.54) is 50.9 Å². The van der Waals surface area contributed by atoms with Crippen molar-refractivity contribution < 1.29 is 4.79 Å². The fourth-order valence-corrected chi connectivity index (χ4v) is 6.91. The molecular formula is C26H23N3O2S2. The molecule has 2 heterocycles. The summed E-state index contributed by atoms with van der Waals surface area (Å²) in [6.07, 6.45) is 5.25. The molecule has 0 aliphatic heterocycles. The van der Waals surface area contributed by atoms with E-state index in [1.54, 1.807) is 11.3 Å². The molecule has 0 saturated heterocycles. The van der Waals surface area contributed by atoms with Crippen molar-refractivity contribution in [2.75, 3.05) is 11.1 Å². The average Bonchev–Trinajstić information content (AvgIpc) is 3.36. The Balaban J connectivity index is 1.09. The first kappa shape index (κ1) is 20.7. The second-order valence-corrected chi connectivity index (χ2v) is 10.7. The van der Waals surface area contributed by atoms with E-state index in [4.69, 9.17) is 4.98 Å². The Bertz CT molecular complexity index is 1450. The van der Waals surface area contributed by atoms with E-state index >= 15 is 0 Å². The maximum Gasteiger partial charge on any atom is 0.259 e. The van der Waals surface area contributed by atoms with E-state index in [0.29, 0.717) is 17.3 Å². The van der Waals surface area contributed by atoms with Crippen LogP contribution in [0.15, 0.2) is 47.3 Å². The zero-order valence-electron chi connectivity index (χ0n) is 18.1. The van der Waals surface area contributed by atoms with Gasteiger partial charge in [-0.15, -0.1) is 23.1 Å². The lowest BCUT2D eigenvalue weighted by Gasteiger charge is -2.09. The molecule has 2 aliphatic carbocycles. The maximum atomic E-state index is 12.7. The van der Waals surface area contributed by atoms with E-state index in [2.05, 4.69) is 46.7 Å². The molecule has 0 spiro atoms. The number of nitrogens with zero attached hydrogens (tertiary/aromatic N) is 1. The van der Waals surface area contributed by atoms with E-state index < -0.39 is 0 Å². The first-order valence-corrected chi connectivity index (χ1v) is 13.2. The molecule has 0 unspecified atom stereocenters.